The summed E-state index contributed by atoms with van der Waals surface area (Å²) >= 11 is 0. The monoisotopic (exact) mass is 438 g/mol. The lowest BCUT2D eigenvalue weighted by atomic mass is 9.87. The molecule has 166 valence electrons. The van der Waals surface area contributed by atoms with Crippen LogP contribution in [0.2, 0.25) is 0 Å². The van der Waals surface area contributed by atoms with E-state index in [0.29, 0.717) is 5.56 Å². The minimum atomic E-state index is -4.41. The molecule has 1 heterocycles. The highest BCUT2D eigenvalue weighted by Crippen LogP contribution is 2.34. The Balaban J connectivity index is 0.000000656. The van der Waals surface area contributed by atoms with Gasteiger partial charge in [-0.15, -0.1) is 0 Å². The molecule has 0 spiro atoms. The van der Waals surface area contributed by atoms with E-state index in [2.05, 4.69) is 57.9 Å². The van der Waals surface area contributed by atoms with Crippen LogP contribution in [0.3, 0.4) is 0 Å². The molecule has 0 N–H and O–H groups in total. The van der Waals surface area contributed by atoms with Gasteiger partial charge in [0.05, 0.1) is 30.6 Å². The predicted molar refractivity (Wildman–Crippen MR) is 114 cm³/mol. The van der Waals surface area contributed by atoms with E-state index in [4.69, 9.17) is 9.15 Å². The molecule has 0 saturated carbocycles. The molecule has 2 aromatic rings. The molecule has 0 bridgehead atoms. The van der Waals surface area contributed by atoms with Crippen molar-refractivity contribution < 1.29 is 31.1 Å². The number of esters is 1. The summed E-state index contributed by atoms with van der Waals surface area (Å²) in [6.07, 6.45) is 0. The minimum Gasteiger partial charge on any atom is -0.726 e. The van der Waals surface area contributed by atoms with E-state index in [0.717, 1.165) is 29.8 Å². The van der Waals surface area contributed by atoms with Crippen LogP contribution in [0.4, 0.5) is 0 Å². The van der Waals surface area contributed by atoms with Gasteiger partial charge in [-0.1, -0.05) is 12.1 Å². The third-order valence-electron chi connectivity index (χ3n) is 4.11. The number of ether oxygens (including phenoxy) is 1. The van der Waals surface area contributed by atoms with Crippen LogP contribution in [0.15, 0.2) is 40.8 Å². The Morgan fingerprint density at radius 2 is 1.27 bits per heavy atom. The molecular weight excluding hydrogens is 408 g/mol. The zero-order chi connectivity index (χ0) is 23.3. The van der Waals surface area contributed by atoms with Crippen molar-refractivity contribution in [3.8, 4) is 11.1 Å². The van der Waals surface area contributed by atoms with Crippen molar-refractivity contribution in [2.24, 2.45) is 0 Å². The molecule has 0 fully saturated rings. The van der Waals surface area contributed by atoms with Gasteiger partial charge in [-0.25, -0.2) is 17.6 Å². The van der Waals surface area contributed by atoms with Crippen molar-refractivity contribution in [1.29, 1.82) is 0 Å². The lowest BCUT2D eigenvalue weighted by Gasteiger charge is -2.15. The summed E-state index contributed by atoms with van der Waals surface area (Å²) in [6.45, 7) is 12.8. The zero-order valence-corrected chi connectivity index (χ0v) is 19.5. The smallest absolute Gasteiger partial charge is 0.337 e. The van der Waals surface area contributed by atoms with Crippen LogP contribution in [0.1, 0.15) is 63.4 Å². The van der Waals surface area contributed by atoms with Gasteiger partial charge in [0.15, 0.2) is 0 Å². The summed E-state index contributed by atoms with van der Waals surface area (Å²) in [4.78, 5) is 11.6. The summed E-state index contributed by atoms with van der Waals surface area (Å²) in [7, 11) is -2.22. The molecule has 1 aromatic heterocycles. The average molecular weight is 439 g/mol. The summed E-state index contributed by atoms with van der Waals surface area (Å²) in [5.41, 5.74) is 2.53. The van der Waals surface area contributed by atoms with Crippen LogP contribution < -0.4 is 0 Å². The van der Waals surface area contributed by atoms with Crippen molar-refractivity contribution in [1.82, 2.24) is 0 Å². The molecule has 8 heteroatoms. The second-order valence-electron chi connectivity index (χ2n) is 8.72. The van der Waals surface area contributed by atoms with Gasteiger partial charge in [0, 0.05) is 12.1 Å². The Kier molecular flexibility index (Phi) is 8.31. The molecule has 0 aliphatic carbocycles. The van der Waals surface area contributed by atoms with E-state index in [1.807, 2.05) is 12.1 Å². The van der Waals surface area contributed by atoms with Crippen LogP contribution in [-0.4, -0.2) is 33.2 Å². The Morgan fingerprint density at radius 1 is 0.867 bits per heavy atom. The van der Waals surface area contributed by atoms with Crippen LogP contribution in [-0.2, 0) is 30.1 Å². The molecule has 1 aromatic carbocycles. The molecule has 0 amide bonds. The molecule has 0 atom stereocenters. The maximum atomic E-state index is 11.6. The zero-order valence-electron chi connectivity index (χ0n) is 18.7. The Bertz CT molecular complexity index is 932. The van der Waals surface area contributed by atoms with Gasteiger partial charge in [0.2, 0.25) is 10.4 Å². The number of rotatable bonds is 3. The highest BCUT2D eigenvalue weighted by Gasteiger charge is 2.34. The van der Waals surface area contributed by atoms with Crippen molar-refractivity contribution in [3.05, 3.63) is 53.5 Å². The van der Waals surface area contributed by atoms with E-state index in [1.165, 1.54) is 7.11 Å². The maximum Gasteiger partial charge on any atom is 0.337 e. The Labute approximate surface area is 179 Å². The molecule has 0 saturated heterocycles. The summed E-state index contributed by atoms with van der Waals surface area (Å²) in [5, 5.41) is 0. The molecule has 0 aliphatic heterocycles. The van der Waals surface area contributed by atoms with Gasteiger partial charge in [0.25, 0.3) is 0 Å². The first-order valence-electron chi connectivity index (χ1n) is 9.28. The molecule has 2 rings (SSSR count). The first kappa shape index (κ1) is 25.7. The van der Waals surface area contributed by atoms with Crippen molar-refractivity contribution in [3.63, 3.8) is 0 Å². The van der Waals surface area contributed by atoms with Crippen molar-refractivity contribution in [2.45, 2.75) is 52.4 Å². The summed E-state index contributed by atoms with van der Waals surface area (Å²) in [6, 6.07) is 11.6. The average Bonchev–Trinajstić information content (AvgIpc) is 2.65. The number of methoxy groups -OCH3 is 1. The van der Waals surface area contributed by atoms with Crippen molar-refractivity contribution >= 4 is 16.4 Å². The molecule has 7 nitrogen and oxygen atoms in total. The van der Waals surface area contributed by atoms with E-state index >= 15 is 0 Å². The standard InChI is InChI=1S/C21H27O3.CH4O4S/c1-20(2,3)17-12-16(13-18(24-17)21(4,5)6)14-8-10-15(11-9-14)19(22)23-7;1-5-6(2,3)4/h8-13H,1-7H3;1H3,(H,2,3,4)/q+1;/p-1. The number of hydrogen-bond acceptors (Lipinski definition) is 6. The van der Waals surface area contributed by atoms with Crippen LogP contribution in [0, 0.1) is 0 Å². The van der Waals surface area contributed by atoms with E-state index in [-0.39, 0.29) is 16.8 Å². The second-order valence-corrected chi connectivity index (χ2v) is 9.87. The van der Waals surface area contributed by atoms with Gasteiger partial charge >= 0.3 is 17.5 Å². The largest absolute Gasteiger partial charge is 0.726 e. The second kappa shape index (κ2) is 9.68. The van der Waals surface area contributed by atoms with Crippen LogP contribution in [0.25, 0.3) is 11.1 Å². The summed E-state index contributed by atoms with van der Waals surface area (Å²) in [5.74, 6) is 1.57. The third kappa shape index (κ3) is 7.85. The highest BCUT2D eigenvalue weighted by molar-refractivity contribution is 7.80. The van der Waals surface area contributed by atoms with Gasteiger partial charge in [-0.05, 0) is 64.8 Å². The first-order valence-corrected chi connectivity index (χ1v) is 10.6. The topological polar surface area (TPSA) is 104 Å². The minimum absolute atomic E-state index is 0.0814. The lowest BCUT2D eigenvalue weighted by Crippen LogP contribution is -2.16. The maximum absolute atomic E-state index is 11.6. The van der Waals surface area contributed by atoms with Gasteiger partial charge in [-0.3, -0.25) is 4.18 Å². The number of benzene rings is 1. The number of carbonyl (C=O) groups is 1. The molecule has 0 unspecified atom stereocenters. The fraction of sp³-hybridized carbons (Fsp3) is 0.455. The summed E-state index contributed by atoms with van der Waals surface area (Å²) < 4.78 is 41.9. The fourth-order valence-electron chi connectivity index (χ4n) is 2.32. The van der Waals surface area contributed by atoms with E-state index in [9.17, 15) is 17.8 Å². The predicted octanol–water partition coefficient (Wildman–Crippen LogP) is 4.70. The normalized spacial score (nSPS) is 12.0. The van der Waals surface area contributed by atoms with Crippen molar-refractivity contribution in [2.75, 3.05) is 14.2 Å². The quantitative estimate of drug-likeness (QED) is 0.296. The number of hydrogen-bond donors (Lipinski definition) is 0. The van der Waals surface area contributed by atoms with Gasteiger partial charge in [-0.2, -0.15) is 0 Å². The molecule has 0 radical (unpaired) electrons. The SMILES string of the molecule is COC(=O)c1ccc(-c2cc(C(C)(C)C)[o+]c(C(C)(C)C)c2)cc1.COS(=O)(=O)[O-]. The Hall–Kier alpha value is -2.29. The lowest BCUT2D eigenvalue weighted by molar-refractivity contribution is 0.0600. The van der Waals surface area contributed by atoms with Crippen LogP contribution >= 0.6 is 0 Å². The fourth-order valence-corrected chi connectivity index (χ4v) is 2.32. The molecule has 30 heavy (non-hydrogen) atoms. The van der Waals surface area contributed by atoms with Gasteiger partial charge in [0.1, 0.15) is 0 Å². The van der Waals surface area contributed by atoms with Gasteiger partial charge < -0.3 is 9.29 Å². The van der Waals surface area contributed by atoms with Crippen LogP contribution in [0.5, 0.6) is 0 Å². The first-order chi connectivity index (χ1) is 13.6. The molecule has 0 aliphatic rings. The van der Waals surface area contributed by atoms with E-state index < -0.39 is 10.4 Å². The van der Waals surface area contributed by atoms with E-state index in [1.54, 1.807) is 12.1 Å². The molecular formula is C22H30O7S. The highest BCUT2D eigenvalue weighted by atomic mass is 32.3. The third-order valence-corrected chi connectivity index (χ3v) is 4.52. The Morgan fingerprint density at radius 3 is 1.57 bits per heavy atom. The number of carbonyl (C=O) groups excluding carboxylic acids is 1.